The zero-order valence-corrected chi connectivity index (χ0v) is 7.63. The van der Waals surface area contributed by atoms with Crippen LogP contribution in [-0.2, 0) is 6.54 Å². The summed E-state index contributed by atoms with van der Waals surface area (Å²) in [5.41, 5.74) is 1.23. The van der Waals surface area contributed by atoms with E-state index in [0.29, 0.717) is 0 Å². The van der Waals surface area contributed by atoms with Crippen LogP contribution in [0.3, 0.4) is 0 Å². The van der Waals surface area contributed by atoms with E-state index < -0.39 is 0 Å². The molecule has 0 saturated carbocycles. The largest absolute Gasteiger partial charge is 0.272 e. The minimum atomic E-state index is 1.01. The van der Waals surface area contributed by atoms with Crippen LogP contribution in [0.4, 0.5) is 0 Å². The summed E-state index contributed by atoms with van der Waals surface area (Å²) in [7, 11) is 0. The van der Waals surface area contributed by atoms with Gasteiger partial charge in [0, 0.05) is 18.1 Å². The second-order valence-electron chi connectivity index (χ2n) is 2.32. The first-order valence-corrected chi connectivity index (χ1v) is 4.50. The Hall–Kier alpha value is -0.310. The van der Waals surface area contributed by atoms with Gasteiger partial charge in [0.05, 0.1) is 6.20 Å². The van der Waals surface area contributed by atoms with E-state index in [0.717, 1.165) is 18.3 Å². The van der Waals surface area contributed by atoms with Crippen molar-refractivity contribution in [1.29, 1.82) is 0 Å². The van der Waals surface area contributed by atoms with Gasteiger partial charge in [-0.3, -0.25) is 4.68 Å². The van der Waals surface area contributed by atoms with Gasteiger partial charge in [-0.05, 0) is 18.9 Å². The molecule has 0 saturated heterocycles. The highest BCUT2D eigenvalue weighted by Crippen LogP contribution is 1.96. The van der Waals surface area contributed by atoms with Gasteiger partial charge < -0.3 is 0 Å². The standard InChI is InChI=1S/C7H11BrN2/c1-7-5-9-10(6-7)4-2-3-8/h5-6H,2-4H2,1H3. The van der Waals surface area contributed by atoms with Crippen LogP contribution in [0.5, 0.6) is 0 Å². The minimum Gasteiger partial charge on any atom is -0.272 e. The normalized spacial score (nSPS) is 10.2. The van der Waals surface area contributed by atoms with Gasteiger partial charge in [-0.25, -0.2) is 0 Å². The number of halogens is 1. The molecular weight excluding hydrogens is 192 g/mol. The summed E-state index contributed by atoms with van der Waals surface area (Å²) >= 11 is 3.37. The van der Waals surface area contributed by atoms with Crippen molar-refractivity contribution in [3.05, 3.63) is 18.0 Å². The van der Waals surface area contributed by atoms with E-state index in [2.05, 4.69) is 34.1 Å². The lowest BCUT2D eigenvalue weighted by Gasteiger charge is -1.95. The fourth-order valence-electron chi connectivity index (χ4n) is 0.811. The number of aryl methyl sites for hydroxylation is 2. The molecule has 0 fully saturated rings. The number of rotatable bonds is 3. The Morgan fingerprint density at radius 3 is 3.00 bits per heavy atom. The first-order valence-electron chi connectivity index (χ1n) is 3.38. The van der Waals surface area contributed by atoms with Crippen LogP contribution >= 0.6 is 15.9 Å². The zero-order chi connectivity index (χ0) is 7.40. The lowest BCUT2D eigenvalue weighted by atomic mass is 10.4. The Morgan fingerprint density at radius 1 is 1.70 bits per heavy atom. The van der Waals surface area contributed by atoms with E-state index in [9.17, 15) is 0 Å². The smallest absolute Gasteiger partial charge is 0.0518 e. The van der Waals surface area contributed by atoms with Crippen molar-refractivity contribution in [2.75, 3.05) is 5.33 Å². The summed E-state index contributed by atoms with van der Waals surface area (Å²) in [5, 5.41) is 5.20. The molecule has 1 aromatic heterocycles. The minimum absolute atomic E-state index is 1.01. The molecule has 0 bridgehead atoms. The van der Waals surface area contributed by atoms with Crippen molar-refractivity contribution in [2.24, 2.45) is 0 Å². The van der Waals surface area contributed by atoms with Gasteiger partial charge in [0.2, 0.25) is 0 Å². The number of alkyl halides is 1. The molecule has 1 rings (SSSR count). The Morgan fingerprint density at radius 2 is 2.50 bits per heavy atom. The van der Waals surface area contributed by atoms with E-state index in [1.807, 2.05) is 10.9 Å². The van der Waals surface area contributed by atoms with E-state index in [1.54, 1.807) is 0 Å². The van der Waals surface area contributed by atoms with Crippen LogP contribution < -0.4 is 0 Å². The van der Waals surface area contributed by atoms with Crippen LogP contribution in [0.1, 0.15) is 12.0 Å². The van der Waals surface area contributed by atoms with Crippen LogP contribution in [0.15, 0.2) is 12.4 Å². The van der Waals surface area contributed by atoms with Crippen molar-refractivity contribution < 1.29 is 0 Å². The highest BCUT2D eigenvalue weighted by atomic mass is 79.9. The van der Waals surface area contributed by atoms with Crippen molar-refractivity contribution in [3.8, 4) is 0 Å². The predicted octanol–water partition coefficient (Wildman–Crippen LogP) is 1.98. The fraction of sp³-hybridized carbons (Fsp3) is 0.571. The number of aromatic nitrogens is 2. The first kappa shape index (κ1) is 7.79. The van der Waals surface area contributed by atoms with E-state index in [-0.39, 0.29) is 0 Å². The number of hydrogen-bond acceptors (Lipinski definition) is 1. The van der Waals surface area contributed by atoms with Gasteiger partial charge in [-0.15, -0.1) is 0 Å². The maximum Gasteiger partial charge on any atom is 0.0518 e. The molecule has 1 heterocycles. The summed E-state index contributed by atoms with van der Waals surface area (Å²) in [4.78, 5) is 0. The summed E-state index contributed by atoms with van der Waals surface area (Å²) < 4.78 is 1.97. The van der Waals surface area contributed by atoms with Crippen LogP contribution in [0, 0.1) is 6.92 Å². The monoisotopic (exact) mass is 202 g/mol. The van der Waals surface area contributed by atoms with Crippen molar-refractivity contribution in [3.63, 3.8) is 0 Å². The summed E-state index contributed by atoms with van der Waals surface area (Å²) in [6.45, 7) is 3.07. The SMILES string of the molecule is Cc1cnn(CCCBr)c1. The Bertz CT molecular complexity index is 195. The van der Waals surface area contributed by atoms with Crippen molar-refractivity contribution in [2.45, 2.75) is 19.9 Å². The third-order valence-corrected chi connectivity index (χ3v) is 1.84. The van der Waals surface area contributed by atoms with Gasteiger partial charge in [-0.1, -0.05) is 15.9 Å². The molecular formula is C7H11BrN2. The van der Waals surface area contributed by atoms with Gasteiger partial charge >= 0.3 is 0 Å². The molecule has 0 radical (unpaired) electrons. The van der Waals surface area contributed by atoms with E-state index in [4.69, 9.17) is 0 Å². The fourth-order valence-corrected chi connectivity index (χ4v) is 1.06. The van der Waals surface area contributed by atoms with Gasteiger partial charge in [-0.2, -0.15) is 5.10 Å². The molecule has 0 spiro atoms. The molecule has 0 N–H and O–H groups in total. The van der Waals surface area contributed by atoms with Crippen LogP contribution in [-0.4, -0.2) is 15.1 Å². The number of nitrogens with zero attached hydrogens (tertiary/aromatic N) is 2. The predicted molar refractivity (Wildman–Crippen MR) is 45.4 cm³/mol. The molecule has 0 amide bonds. The molecule has 0 atom stereocenters. The summed E-state index contributed by atoms with van der Waals surface area (Å²) in [6.07, 6.45) is 5.08. The first-order chi connectivity index (χ1) is 4.83. The second kappa shape index (κ2) is 3.76. The van der Waals surface area contributed by atoms with Crippen LogP contribution in [0.2, 0.25) is 0 Å². The maximum atomic E-state index is 4.15. The van der Waals surface area contributed by atoms with Gasteiger partial charge in [0.25, 0.3) is 0 Å². The molecule has 0 aliphatic rings. The Kier molecular flexibility index (Phi) is 2.93. The van der Waals surface area contributed by atoms with Crippen LogP contribution in [0.25, 0.3) is 0 Å². The van der Waals surface area contributed by atoms with Crippen molar-refractivity contribution >= 4 is 15.9 Å². The van der Waals surface area contributed by atoms with Gasteiger partial charge in [0.1, 0.15) is 0 Å². The summed E-state index contributed by atoms with van der Waals surface area (Å²) in [6, 6.07) is 0. The second-order valence-corrected chi connectivity index (χ2v) is 3.12. The van der Waals surface area contributed by atoms with Gasteiger partial charge in [0.15, 0.2) is 0 Å². The molecule has 2 nitrogen and oxygen atoms in total. The van der Waals surface area contributed by atoms with E-state index >= 15 is 0 Å². The topological polar surface area (TPSA) is 17.8 Å². The average molecular weight is 203 g/mol. The molecule has 0 aliphatic heterocycles. The van der Waals surface area contributed by atoms with E-state index in [1.165, 1.54) is 5.56 Å². The average Bonchev–Trinajstić information content (AvgIpc) is 2.31. The molecule has 0 unspecified atom stereocenters. The third kappa shape index (κ3) is 2.14. The Balaban J connectivity index is 2.42. The maximum absolute atomic E-state index is 4.15. The quantitative estimate of drug-likeness (QED) is 0.686. The zero-order valence-electron chi connectivity index (χ0n) is 6.05. The lowest BCUT2D eigenvalue weighted by molar-refractivity contribution is 0.607. The number of hydrogen-bond donors (Lipinski definition) is 0. The molecule has 3 heteroatoms. The third-order valence-electron chi connectivity index (χ3n) is 1.28. The molecule has 1 aromatic rings. The highest BCUT2D eigenvalue weighted by molar-refractivity contribution is 9.09. The molecule has 56 valence electrons. The highest BCUT2D eigenvalue weighted by Gasteiger charge is 1.91. The van der Waals surface area contributed by atoms with Crippen molar-refractivity contribution in [1.82, 2.24) is 9.78 Å². The molecule has 10 heavy (non-hydrogen) atoms. The molecule has 0 aliphatic carbocycles. The Labute approximate surface area is 69.4 Å². The summed E-state index contributed by atoms with van der Waals surface area (Å²) in [5.74, 6) is 0. The lowest BCUT2D eigenvalue weighted by Crippen LogP contribution is -1.97. The molecule has 0 aromatic carbocycles.